The average Bonchev–Trinajstić information content (AvgIpc) is 2.17. The summed E-state index contributed by atoms with van der Waals surface area (Å²) in [7, 11) is 0. The molecule has 1 aromatic rings. The van der Waals surface area contributed by atoms with Crippen molar-refractivity contribution >= 4 is 21.6 Å². The summed E-state index contributed by atoms with van der Waals surface area (Å²) >= 11 is 3.24. The summed E-state index contributed by atoms with van der Waals surface area (Å²) < 4.78 is 0.586. The lowest BCUT2D eigenvalue weighted by Crippen LogP contribution is -2.14. The second kappa shape index (κ2) is 3.99. The molecule has 0 N–H and O–H groups in total. The molecule has 0 radical (unpaired) electrons. The summed E-state index contributed by atoms with van der Waals surface area (Å²) in [5, 5.41) is 19.4. The Hall–Kier alpha value is -1.41. The molecule has 0 unspecified atom stereocenters. The number of nitro groups is 1. The van der Waals surface area contributed by atoms with E-state index in [0.29, 0.717) is 4.47 Å². The third kappa shape index (κ3) is 2.34. The molecule has 1 rings (SSSR count). The second-order valence-electron chi connectivity index (χ2n) is 3.66. The van der Waals surface area contributed by atoms with Gasteiger partial charge < -0.3 is 0 Å². The first-order chi connectivity index (χ1) is 6.88. The minimum atomic E-state index is -0.659. The summed E-state index contributed by atoms with van der Waals surface area (Å²) in [6, 6.07) is 6.56. The van der Waals surface area contributed by atoms with E-state index >= 15 is 0 Å². The van der Waals surface area contributed by atoms with Crippen LogP contribution >= 0.6 is 15.9 Å². The number of benzene rings is 1. The normalized spacial score (nSPS) is 10.8. The Balaban J connectivity index is 3.27. The van der Waals surface area contributed by atoms with Crippen molar-refractivity contribution in [3.05, 3.63) is 38.3 Å². The van der Waals surface area contributed by atoms with Crippen molar-refractivity contribution in [1.29, 1.82) is 5.26 Å². The van der Waals surface area contributed by atoms with Crippen molar-refractivity contribution in [3.8, 4) is 6.07 Å². The summed E-state index contributed by atoms with van der Waals surface area (Å²) in [5.41, 5.74) is 0.100. The van der Waals surface area contributed by atoms with Gasteiger partial charge in [0.1, 0.15) is 0 Å². The van der Waals surface area contributed by atoms with Crippen LogP contribution in [0.2, 0.25) is 0 Å². The van der Waals surface area contributed by atoms with Crippen LogP contribution in [0.25, 0.3) is 0 Å². The molecule has 0 amide bonds. The van der Waals surface area contributed by atoms with E-state index in [1.807, 2.05) is 0 Å². The molecule has 78 valence electrons. The highest BCUT2D eigenvalue weighted by atomic mass is 79.9. The van der Waals surface area contributed by atoms with Gasteiger partial charge in [-0.1, -0.05) is 15.9 Å². The Morgan fingerprint density at radius 2 is 2.13 bits per heavy atom. The molecule has 0 bridgehead atoms. The largest absolute Gasteiger partial charge is 0.270 e. The maximum atomic E-state index is 10.5. The monoisotopic (exact) mass is 268 g/mol. The van der Waals surface area contributed by atoms with Gasteiger partial charge in [0, 0.05) is 16.6 Å². The van der Waals surface area contributed by atoms with Crippen molar-refractivity contribution < 1.29 is 4.92 Å². The molecule has 4 nitrogen and oxygen atoms in total. The molecule has 0 saturated carbocycles. The number of halogens is 1. The minimum absolute atomic E-state index is 0.0133. The van der Waals surface area contributed by atoms with Gasteiger partial charge in [-0.2, -0.15) is 5.26 Å². The molecule has 0 aromatic heterocycles. The Morgan fingerprint density at radius 1 is 1.53 bits per heavy atom. The highest BCUT2D eigenvalue weighted by Gasteiger charge is 2.23. The van der Waals surface area contributed by atoms with Crippen LogP contribution in [0.3, 0.4) is 0 Å². The highest BCUT2D eigenvalue weighted by molar-refractivity contribution is 9.10. The van der Waals surface area contributed by atoms with Gasteiger partial charge in [0.25, 0.3) is 5.69 Å². The number of rotatable bonds is 2. The van der Waals surface area contributed by atoms with Gasteiger partial charge in [-0.25, -0.2) is 0 Å². The SMILES string of the molecule is CC(C)(C#N)c1ccc([N+](=O)[O-])cc1Br. The van der Waals surface area contributed by atoms with Crippen LogP contribution in [-0.4, -0.2) is 4.92 Å². The van der Waals surface area contributed by atoms with Crippen LogP contribution in [0.4, 0.5) is 5.69 Å². The zero-order valence-corrected chi connectivity index (χ0v) is 9.91. The van der Waals surface area contributed by atoms with Gasteiger partial charge in [-0.3, -0.25) is 10.1 Å². The number of non-ortho nitro benzene ring substituents is 1. The van der Waals surface area contributed by atoms with E-state index in [9.17, 15) is 10.1 Å². The Labute approximate surface area is 95.8 Å². The first kappa shape index (κ1) is 11.7. The summed E-state index contributed by atoms with van der Waals surface area (Å²) in [6.07, 6.45) is 0. The fourth-order valence-electron chi connectivity index (χ4n) is 1.18. The zero-order valence-electron chi connectivity index (χ0n) is 8.32. The average molecular weight is 269 g/mol. The molecule has 0 heterocycles. The van der Waals surface area contributed by atoms with Gasteiger partial charge in [0.05, 0.1) is 16.4 Å². The molecule has 15 heavy (non-hydrogen) atoms. The number of nitriles is 1. The van der Waals surface area contributed by atoms with Crippen LogP contribution < -0.4 is 0 Å². The maximum absolute atomic E-state index is 10.5. The minimum Gasteiger partial charge on any atom is -0.258 e. The van der Waals surface area contributed by atoms with Crippen LogP contribution in [-0.2, 0) is 5.41 Å². The summed E-state index contributed by atoms with van der Waals surface area (Å²) in [5.74, 6) is 0. The van der Waals surface area contributed by atoms with Crippen molar-refractivity contribution in [2.45, 2.75) is 19.3 Å². The lowest BCUT2D eigenvalue weighted by molar-refractivity contribution is -0.384. The molecule has 0 aliphatic rings. The van der Waals surface area contributed by atoms with Crippen molar-refractivity contribution in [1.82, 2.24) is 0 Å². The molecule has 0 spiro atoms. The van der Waals surface area contributed by atoms with Gasteiger partial charge in [-0.05, 0) is 25.5 Å². The smallest absolute Gasteiger partial charge is 0.258 e. The number of nitro benzene ring substituents is 1. The van der Waals surface area contributed by atoms with Crippen LogP contribution in [0.15, 0.2) is 22.7 Å². The maximum Gasteiger partial charge on any atom is 0.270 e. The van der Waals surface area contributed by atoms with Gasteiger partial charge in [-0.15, -0.1) is 0 Å². The third-order valence-electron chi connectivity index (χ3n) is 2.12. The lowest BCUT2D eigenvalue weighted by Gasteiger charge is -2.17. The van der Waals surface area contributed by atoms with E-state index < -0.39 is 10.3 Å². The molecule has 0 aliphatic carbocycles. The first-order valence-corrected chi connectivity index (χ1v) is 5.03. The quantitative estimate of drug-likeness (QED) is 0.611. The Kier molecular flexibility index (Phi) is 3.10. The number of hydrogen-bond acceptors (Lipinski definition) is 3. The number of hydrogen-bond donors (Lipinski definition) is 0. The standard InChI is InChI=1S/C10H9BrN2O2/c1-10(2,6-12)8-4-3-7(13(14)15)5-9(8)11/h3-5H,1-2H3. The predicted octanol–water partition coefficient (Wildman–Crippen LogP) is 3.16. The van der Waals surface area contributed by atoms with Gasteiger partial charge >= 0.3 is 0 Å². The lowest BCUT2D eigenvalue weighted by atomic mass is 9.86. The van der Waals surface area contributed by atoms with Gasteiger partial charge in [0.15, 0.2) is 0 Å². The van der Waals surface area contributed by atoms with Gasteiger partial charge in [0.2, 0.25) is 0 Å². The molecule has 0 fully saturated rings. The molecular weight excluding hydrogens is 260 g/mol. The van der Waals surface area contributed by atoms with E-state index in [1.54, 1.807) is 19.9 Å². The molecule has 0 saturated heterocycles. The molecular formula is C10H9BrN2O2. The van der Waals surface area contributed by atoms with Crippen LogP contribution in [0.5, 0.6) is 0 Å². The zero-order chi connectivity index (χ0) is 11.6. The first-order valence-electron chi connectivity index (χ1n) is 4.24. The molecule has 0 aliphatic heterocycles. The molecule has 1 aromatic carbocycles. The topological polar surface area (TPSA) is 66.9 Å². The van der Waals surface area contributed by atoms with E-state index in [1.165, 1.54) is 12.1 Å². The number of nitrogens with zero attached hydrogens (tertiary/aromatic N) is 2. The Bertz CT molecular complexity index is 449. The van der Waals surface area contributed by atoms with E-state index in [2.05, 4.69) is 22.0 Å². The highest BCUT2D eigenvalue weighted by Crippen LogP contribution is 2.32. The third-order valence-corrected chi connectivity index (χ3v) is 2.77. The molecule has 5 heteroatoms. The van der Waals surface area contributed by atoms with Crippen molar-refractivity contribution in [2.24, 2.45) is 0 Å². The second-order valence-corrected chi connectivity index (χ2v) is 4.51. The van der Waals surface area contributed by atoms with E-state index in [4.69, 9.17) is 5.26 Å². The van der Waals surface area contributed by atoms with Crippen LogP contribution in [0, 0.1) is 21.4 Å². The summed E-state index contributed by atoms with van der Waals surface area (Å²) in [4.78, 5) is 10.0. The van der Waals surface area contributed by atoms with E-state index in [-0.39, 0.29) is 5.69 Å². The fraction of sp³-hybridized carbons (Fsp3) is 0.300. The Morgan fingerprint density at radius 3 is 2.53 bits per heavy atom. The van der Waals surface area contributed by atoms with Crippen molar-refractivity contribution in [3.63, 3.8) is 0 Å². The predicted molar refractivity (Wildman–Crippen MR) is 59.4 cm³/mol. The molecule has 0 atom stereocenters. The van der Waals surface area contributed by atoms with Crippen LogP contribution in [0.1, 0.15) is 19.4 Å². The summed E-state index contributed by atoms with van der Waals surface area (Å²) in [6.45, 7) is 3.53. The van der Waals surface area contributed by atoms with E-state index in [0.717, 1.165) is 5.56 Å². The van der Waals surface area contributed by atoms with Crippen molar-refractivity contribution in [2.75, 3.05) is 0 Å². The fourth-order valence-corrected chi connectivity index (χ4v) is 2.05.